The van der Waals surface area contributed by atoms with Gasteiger partial charge >= 0.3 is 0 Å². The quantitative estimate of drug-likeness (QED) is 0.231. The van der Waals surface area contributed by atoms with Crippen LogP contribution in [-0.4, -0.2) is 11.7 Å². The highest BCUT2D eigenvalue weighted by atomic mass is 16.2. The minimum absolute atomic E-state index is 0.360. The van der Waals surface area contributed by atoms with E-state index in [4.69, 9.17) is 5.11 Å². The molecule has 0 amide bonds. The summed E-state index contributed by atoms with van der Waals surface area (Å²) in [6.45, 7) is 2.64. The Labute approximate surface area is 134 Å². The average molecular weight is 297 g/mol. The summed E-state index contributed by atoms with van der Waals surface area (Å²) in [7, 11) is 0. The van der Waals surface area contributed by atoms with Crippen molar-refractivity contribution in [3.8, 4) is 0 Å². The van der Waals surface area contributed by atoms with Crippen LogP contribution in [0.3, 0.4) is 0 Å². The molecule has 0 aliphatic heterocycles. The van der Waals surface area contributed by atoms with E-state index in [9.17, 15) is 0 Å². The van der Waals surface area contributed by atoms with Crippen LogP contribution in [0, 0.1) is 0 Å². The number of aliphatic hydroxyl groups excluding tert-OH is 1. The van der Waals surface area contributed by atoms with E-state index < -0.39 is 0 Å². The summed E-state index contributed by atoms with van der Waals surface area (Å²) in [5.41, 5.74) is 0. The zero-order valence-corrected chi connectivity index (χ0v) is 14.6. The fraction of sp³-hybridized carbons (Fsp3) is 0.900. The first-order valence-corrected chi connectivity index (χ1v) is 9.67. The van der Waals surface area contributed by atoms with Crippen molar-refractivity contribution in [2.45, 2.75) is 110 Å². The molecule has 0 rings (SSSR count). The molecular formula is C20H40O. The highest BCUT2D eigenvalue weighted by Gasteiger charge is 1.91. The molecule has 0 saturated carbocycles. The Balaban J connectivity index is 3.02. The highest BCUT2D eigenvalue weighted by molar-refractivity contribution is 4.81. The van der Waals surface area contributed by atoms with Gasteiger partial charge in [-0.15, -0.1) is 0 Å². The summed E-state index contributed by atoms with van der Waals surface area (Å²) in [5, 5.41) is 8.68. The van der Waals surface area contributed by atoms with Gasteiger partial charge in [0.2, 0.25) is 0 Å². The summed E-state index contributed by atoms with van der Waals surface area (Å²) < 4.78 is 0. The number of rotatable bonds is 17. The Kier molecular flexibility index (Phi) is 19.4. The molecule has 1 N–H and O–H groups in total. The van der Waals surface area contributed by atoms with E-state index in [1.54, 1.807) is 0 Å². The first kappa shape index (κ1) is 20.7. The monoisotopic (exact) mass is 296 g/mol. The molecule has 0 spiro atoms. The smallest absolute Gasteiger partial charge is 0.0431 e. The van der Waals surface area contributed by atoms with Gasteiger partial charge in [0.1, 0.15) is 0 Å². The predicted octanol–water partition coefficient (Wildman–Crippen LogP) is 6.80. The highest BCUT2D eigenvalue weighted by Crippen LogP contribution is 2.11. The van der Waals surface area contributed by atoms with Gasteiger partial charge in [-0.3, -0.25) is 0 Å². The van der Waals surface area contributed by atoms with Gasteiger partial charge in [-0.25, -0.2) is 0 Å². The molecule has 0 aromatic rings. The lowest BCUT2D eigenvalue weighted by atomic mass is 10.1. The van der Waals surface area contributed by atoms with Crippen molar-refractivity contribution in [1.82, 2.24) is 0 Å². The Hall–Kier alpha value is -0.300. The maximum atomic E-state index is 8.68. The van der Waals surface area contributed by atoms with E-state index in [0.29, 0.717) is 6.61 Å². The molecule has 0 atom stereocenters. The van der Waals surface area contributed by atoms with Gasteiger partial charge in [0.05, 0.1) is 0 Å². The third-order valence-corrected chi connectivity index (χ3v) is 4.17. The Bertz CT molecular complexity index is 198. The zero-order valence-electron chi connectivity index (χ0n) is 14.6. The third-order valence-electron chi connectivity index (χ3n) is 4.17. The van der Waals surface area contributed by atoms with E-state index in [0.717, 1.165) is 6.42 Å². The van der Waals surface area contributed by atoms with Crippen molar-refractivity contribution < 1.29 is 5.11 Å². The summed E-state index contributed by atoms with van der Waals surface area (Å²) in [6, 6.07) is 0. The topological polar surface area (TPSA) is 20.2 Å². The van der Waals surface area contributed by atoms with Crippen LogP contribution in [0.1, 0.15) is 110 Å². The molecule has 0 aromatic heterocycles. The molecule has 21 heavy (non-hydrogen) atoms. The molecule has 0 saturated heterocycles. The lowest BCUT2D eigenvalue weighted by Crippen LogP contribution is -1.83. The van der Waals surface area contributed by atoms with Crippen molar-refractivity contribution >= 4 is 0 Å². The zero-order chi connectivity index (χ0) is 15.4. The molecule has 0 fully saturated rings. The van der Waals surface area contributed by atoms with E-state index in [1.807, 2.05) is 0 Å². The van der Waals surface area contributed by atoms with Crippen LogP contribution < -0.4 is 0 Å². The molecule has 0 radical (unpaired) electrons. The maximum Gasteiger partial charge on any atom is 0.0431 e. The lowest BCUT2D eigenvalue weighted by molar-refractivity contribution is 0.282. The van der Waals surface area contributed by atoms with Crippen molar-refractivity contribution in [2.75, 3.05) is 6.61 Å². The summed E-state index contributed by atoms with van der Waals surface area (Å²) in [5.74, 6) is 0. The standard InChI is InChI=1S/C20H40O/c1-2-3-4-5-6-7-8-9-10-11-12-13-14-15-16-17-18-19-20-21/h12-13,21H,2-11,14-20H2,1H3/b13-12+. The molecule has 126 valence electrons. The molecule has 0 aliphatic carbocycles. The first-order valence-electron chi connectivity index (χ1n) is 9.67. The predicted molar refractivity (Wildman–Crippen MR) is 95.8 cm³/mol. The molecular weight excluding hydrogens is 256 g/mol. The number of unbranched alkanes of at least 4 members (excludes halogenated alkanes) is 14. The average Bonchev–Trinajstić information content (AvgIpc) is 2.50. The number of aliphatic hydroxyl groups is 1. The third kappa shape index (κ3) is 19.7. The molecule has 0 bridgehead atoms. The van der Waals surface area contributed by atoms with E-state index in [-0.39, 0.29) is 0 Å². The van der Waals surface area contributed by atoms with Crippen LogP contribution in [0.15, 0.2) is 12.2 Å². The number of allylic oxidation sites excluding steroid dienone is 2. The second-order valence-electron chi connectivity index (χ2n) is 6.37. The Morgan fingerprint density at radius 3 is 1.33 bits per heavy atom. The van der Waals surface area contributed by atoms with Crippen molar-refractivity contribution in [1.29, 1.82) is 0 Å². The molecule has 0 aliphatic rings. The second-order valence-corrected chi connectivity index (χ2v) is 6.37. The first-order chi connectivity index (χ1) is 10.4. The van der Waals surface area contributed by atoms with Gasteiger partial charge < -0.3 is 5.11 Å². The second kappa shape index (κ2) is 19.7. The van der Waals surface area contributed by atoms with Crippen LogP contribution in [0.2, 0.25) is 0 Å². The van der Waals surface area contributed by atoms with Gasteiger partial charge in [-0.1, -0.05) is 89.7 Å². The summed E-state index contributed by atoms with van der Waals surface area (Å²) in [4.78, 5) is 0. The minimum Gasteiger partial charge on any atom is -0.396 e. The van der Waals surface area contributed by atoms with Crippen LogP contribution in [-0.2, 0) is 0 Å². The van der Waals surface area contributed by atoms with E-state index in [2.05, 4.69) is 19.1 Å². The summed E-state index contributed by atoms with van der Waals surface area (Å²) in [6.07, 6.45) is 26.2. The lowest BCUT2D eigenvalue weighted by Gasteiger charge is -2.00. The Morgan fingerprint density at radius 1 is 0.524 bits per heavy atom. The molecule has 0 unspecified atom stereocenters. The maximum absolute atomic E-state index is 8.68. The van der Waals surface area contributed by atoms with Gasteiger partial charge in [-0.2, -0.15) is 0 Å². The fourth-order valence-electron chi connectivity index (χ4n) is 2.71. The van der Waals surface area contributed by atoms with E-state index in [1.165, 1.54) is 96.3 Å². The molecule has 0 aromatic carbocycles. The van der Waals surface area contributed by atoms with Gasteiger partial charge in [0.25, 0.3) is 0 Å². The molecule has 1 heteroatoms. The normalized spacial score (nSPS) is 11.5. The molecule has 1 nitrogen and oxygen atoms in total. The van der Waals surface area contributed by atoms with Crippen LogP contribution in [0.25, 0.3) is 0 Å². The van der Waals surface area contributed by atoms with Crippen molar-refractivity contribution in [3.05, 3.63) is 12.2 Å². The molecule has 0 heterocycles. The van der Waals surface area contributed by atoms with Crippen molar-refractivity contribution in [2.24, 2.45) is 0 Å². The van der Waals surface area contributed by atoms with E-state index >= 15 is 0 Å². The number of hydrogen-bond donors (Lipinski definition) is 1. The van der Waals surface area contributed by atoms with Crippen LogP contribution in [0.4, 0.5) is 0 Å². The van der Waals surface area contributed by atoms with Gasteiger partial charge in [0, 0.05) is 6.61 Å². The van der Waals surface area contributed by atoms with Crippen LogP contribution >= 0.6 is 0 Å². The SMILES string of the molecule is CCCCCCCCCCC/C=C/CCCCCCCO. The fourth-order valence-corrected chi connectivity index (χ4v) is 2.71. The number of hydrogen-bond acceptors (Lipinski definition) is 1. The summed E-state index contributed by atoms with van der Waals surface area (Å²) >= 11 is 0. The van der Waals surface area contributed by atoms with Gasteiger partial charge in [0.15, 0.2) is 0 Å². The van der Waals surface area contributed by atoms with Gasteiger partial charge in [-0.05, 0) is 32.1 Å². The van der Waals surface area contributed by atoms with Crippen molar-refractivity contribution in [3.63, 3.8) is 0 Å². The minimum atomic E-state index is 0.360. The largest absolute Gasteiger partial charge is 0.396 e. The van der Waals surface area contributed by atoms with Crippen LogP contribution in [0.5, 0.6) is 0 Å². The Morgan fingerprint density at radius 2 is 0.905 bits per heavy atom.